The van der Waals surface area contributed by atoms with E-state index in [-0.39, 0.29) is 12.6 Å². The molecule has 1 rings (SSSR count). The lowest BCUT2D eigenvalue weighted by molar-refractivity contribution is -0.375. The van der Waals surface area contributed by atoms with Crippen molar-refractivity contribution in [2.75, 3.05) is 5.75 Å². The molecule has 0 radical (unpaired) electrons. The molecule has 0 N–H and O–H groups in total. The predicted octanol–water partition coefficient (Wildman–Crippen LogP) is 1.03. The summed E-state index contributed by atoms with van der Waals surface area (Å²) in [6.07, 6.45) is 0.940. The lowest BCUT2D eigenvalue weighted by Crippen LogP contribution is -2.38. The summed E-state index contributed by atoms with van der Waals surface area (Å²) in [7, 11) is 0. The van der Waals surface area contributed by atoms with E-state index in [1.807, 2.05) is 6.92 Å². The van der Waals surface area contributed by atoms with Crippen molar-refractivity contribution in [2.45, 2.75) is 25.9 Å². The fourth-order valence-electron chi connectivity index (χ4n) is 0.679. The van der Waals surface area contributed by atoms with Crippen LogP contribution >= 0.6 is 12.6 Å². The molecule has 0 aromatic rings. The van der Waals surface area contributed by atoms with Gasteiger partial charge < -0.3 is 9.47 Å². The Bertz CT molecular complexity index is 68.1. The third-order valence-corrected chi connectivity index (χ3v) is 1.31. The topological polar surface area (TPSA) is 18.5 Å². The highest BCUT2D eigenvalue weighted by Crippen LogP contribution is 2.18. The number of hydrogen-bond acceptors (Lipinski definition) is 3. The highest BCUT2D eigenvalue weighted by molar-refractivity contribution is 7.80. The zero-order valence-electron chi connectivity index (χ0n) is 4.83. The molecular weight excluding hydrogens is 124 g/mol. The molecule has 0 atom stereocenters. The largest absolute Gasteiger partial charge is 0.324 e. The van der Waals surface area contributed by atoms with E-state index in [1.54, 1.807) is 0 Å². The second-order valence-corrected chi connectivity index (χ2v) is 2.23. The van der Waals surface area contributed by atoms with Crippen molar-refractivity contribution in [1.29, 1.82) is 0 Å². The van der Waals surface area contributed by atoms with Gasteiger partial charge in [-0.3, -0.25) is 0 Å². The second-order valence-electron chi connectivity index (χ2n) is 1.78. The monoisotopic (exact) mass is 134 g/mol. The van der Waals surface area contributed by atoms with E-state index in [4.69, 9.17) is 9.47 Å². The Balaban J connectivity index is 1.98. The van der Waals surface area contributed by atoms with Gasteiger partial charge in [0.05, 0.1) is 0 Å². The molecule has 48 valence electrons. The van der Waals surface area contributed by atoms with Crippen molar-refractivity contribution in [3.8, 4) is 0 Å². The maximum atomic E-state index is 5.11. The summed E-state index contributed by atoms with van der Waals surface area (Å²) in [6.45, 7) is 1.88. The van der Waals surface area contributed by atoms with Gasteiger partial charge in [-0.25, -0.2) is 0 Å². The summed E-state index contributed by atoms with van der Waals surface area (Å²) in [5.41, 5.74) is 0. The number of rotatable bonds is 2. The van der Waals surface area contributed by atoms with Crippen LogP contribution in [0.25, 0.3) is 0 Å². The summed E-state index contributed by atoms with van der Waals surface area (Å²) in [4.78, 5) is 0. The maximum Gasteiger partial charge on any atom is 0.164 e. The molecule has 2 nitrogen and oxygen atoms in total. The van der Waals surface area contributed by atoms with Crippen LogP contribution in [0, 0.1) is 0 Å². The fraction of sp³-hybridized carbons (Fsp3) is 1.00. The van der Waals surface area contributed by atoms with E-state index in [0.717, 1.165) is 12.2 Å². The van der Waals surface area contributed by atoms with Crippen LogP contribution in [0.3, 0.4) is 0 Å². The molecule has 0 spiro atoms. The molecular formula is C5H10O2S. The van der Waals surface area contributed by atoms with E-state index >= 15 is 0 Å². The summed E-state index contributed by atoms with van der Waals surface area (Å²) < 4.78 is 10.2. The van der Waals surface area contributed by atoms with Gasteiger partial charge in [0, 0.05) is 6.42 Å². The smallest absolute Gasteiger partial charge is 0.164 e. The van der Waals surface area contributed by atoms with E-state index in [9.17, 15) is 0 Å². The van der Waals surface area contributed by atoms with Crippen LogP contribution in [0.1, 0.15) is 13.3 Å². The van der Waals surface area contributed by atoms with Crippen molar-refractivity contribution in [3.05, 3.63) is 0 Å². The van der Waals surface area contributed by atoms with Crippen molar-refractivity contribution in [3.63, 3.8) is 0 Å². The molecule has 1 aliphatic heterocycles. The first-order chi connectivity index (χ1) is 3.83. The van der Waals surface area contributed by atoms with Crippen LogP contribution in [0.4, 0.5) is 0 Å². The number of thiol groups is 1. The van der Waals surface area contributed by atoms with E-state index in [2.05, 4.69) is 12.6 Å². The van der Waals surface area contributed by atoms with Crippen molar-refractivity contribution < 1.29 is 9.47 Å². The molecule has 0 amide bonds. The molecule has 0 bridgehead atoms. The Morgan fingerprint density at radius 3 is 2.50 bits per heavy atom. The molecule has 1 saturated heterocycles. The summed E-state index contributed by atoms with van der Waals surface area (Å²) >= 11 is 4.02. The second kappa shape index (κ2) is 2.71. The first kappa shape index (κ1) is 6.39. The third-order valence-electron chi connectivity index (χ3n) is 1.05. The fourth-order valence-corrected chi connectivity index (χ4v) is 0.890. The summed E-state index contributed by atoms with van der Waals surface area (Å²) in [5.74, 6) is 0.831. The molecule has 0 unspecified atom stereocenters. The lowest BCUT2D eigenvalue weighted by Gasteiger charge is -2.33. The SMILES string of the molecule is CC1OC(CCS)O1. The minimum Gasteiger partial charge on any atom is -0.324 e. The molecule has 0 aromatic heterocycles. The number of hydrogen-bond donors (Lipinski definition) is 1. The van der Waals surface area contributed by atoms with E-state index in [1.165, 1.54) is 0 Å². The van der Waals surface area contributed by atoms with Crippen molar-refractivity contribution in [2.24, 2.45) is 0 Å². The van der Waals surface area contributed by atoms with Gasteiger partial charge in [-0.1, -0.05) is 0 Å². The first-order valence-corrected chi connectivity index (χ1v) is 3.38. The first-order valence-electron chi connectivity index (χ1n) is 2.74. The minimum absolute atomic E-state index is 0.0138. The summed E-state index contributed by atoms with van der Waals surface area (Å²) in [5, 5.41) is 0. The van der Waals surface area contributed by atoms with Gasteiger partial charge in [-0.2, -0.15) is 12.6 Å². The average molecular weight is 134 g/mol. The minimum atomic E-state index is 0.0138. The Morgan fingerprint density at radius 2 is 2.12 bits per heavy atom. The highest BCUT2D eigenvalue weighted by Gasteiger charge is 2.25. The maximum absolute atomic E-state index is 5.11. The van der Waals surface area contributed by atoms with Crippen LogP contribution in [0.2, 0.25) is 0 Å². The van der Waals surface area contributed by atoms with Crippen LogP contribution in [0.15, 0.2) is 0 Å². The van der Waals surface area contributed by atoms with Gasteiger partial charge in [-0.05, 0) is 12.7 Å². The van der Waals surface area contributed by atoms with Crippen molar-refractivity contribution in [1.82, 2.24) is 0 Å². The van der Waals surface area contributed by atoms with Gasteiger partial charge in [0.15, 0.2) is 12.6 Å². The molecule has 1 fully saturated rings. The van der Waals surface area contributed by atoms with Gasteiger partial charge in [-0.15, -0.1) is 0 Å². The molecule has 8 heavy (non-hydrogen) atoms. The highest BCUT2D eigenvalue weighted by atomic mass is 32.1. The van der Waals surface area contributed by atoms with Gasteiger partial charge in [0.1, 0.15) is 0 Å². The predicted molar refractivity (Wildman–Crippen MR) is 33.9 cm³/mol. The zero-order valence-corrected chi connectivity index (χ0v) is 5.73. The van der Waals surface area contributed by atoms with Crippen molar-refractivity contribution >= 4 is 12.6 Å². The Kier molecular flexibility index (Phi) is 2.16. The molecule has 0 aliphatic carbocycles. The zero-order chi connectivity index (χ0) is 5.98. The van der Waals surface area contributed by atoms with Gasteiger partial charge >= 0.3 is 0 Å². The van der Waals surface area contributed by atoms with Crippen LogP contribution in [0.5, 0.6) is 0 Å². The molecule has 1 aliphatic rings. The van der Waals surface area contributed by atoms with Gasteiger partial charge in [0.25, 0.3) is 0 Å². The van der Waals surface area contributed by atoms with Crippen LogP contribution < -0.4 is 0 Å². The average Bonchev–Trinajstić information content (AvgIpc) is 1.64. The molecule has 0 saturated carbocycles. The quantitative estimate of drug-likeness (QED) is 0.568. The van der Waals surface area contributed by atoms with E-state index < -0.39 is 0 Å². The summed E-state index contributed by atoms with van der Waals surface area (Å²) in [6, 6.07) is 0. The normalized spacial score (nSPS) is 36.8. The van der Waals surface area contributed by atoms with Crippen LogP contribution in [-0.2, 0) is 9.47 Å². The lowest BCUT2D eigenvalue weighted by atomic mass is 10.4. The Hall–Kier alpha value is 0.270. The van der Waals surface area contributed by atoms with Gasteiger partial charge in [0.2, 0.25) is 0 Å². The number of ether oxygens (including phenoxy) is 2. The molecule has 3 heteroatoms. The molecule has 1 heterocycles. The molecule has 0 aromatic carbocycles. The Labute approximate surface area is 54.6 Å². The standard InChI is InChI=1S/C5H10O2S/c1-4-6-5(7-4)2-3-8/h4-5,8H,2-3H2,1H3. The van der Waals surface area contributed by atoms with Crippen LogP contribution in [-0.4, -0.2) is 18.3 Å². The Morgan fingerprint density at radius 1 is 1.50 bits per heavy atom. The third kappa shape index (κ3) is 1.37. The van der Waals surface area contributed by atoms with E-state index in [0.29, 0.717) is 0 Å².